The first-order valence-electron chi connectivity index (χ1n) is 7.39. The Morgan fingerprint density at radius 1 is 1.26 bits per heavy atom. The maximum Gasteiger partial charge on any atom is 0.0615 e. The van der Waals surface area contributed by atoms with Gasteiger partial charge in [-0.05, 0) is 25.8 Å². The molecule has 2 unspecified atom stereocenters. The van der Waals surface area contributed by atoms with Crippen LogP contribution in [0.3, 0.4) is 0 Å². The normalized spacial score (nSPS) is 16.6. The molecule has 0 aliphatic carbocycles. The van der Waals surface area contributed by atoms with E-state index in [0.717, 1.165) is 32.8 Å². The molecule has 0 fully saturated rings. The largest absolute Gasteiger partial charge is 0.383 e. The molecule has 2 atom stereocenters. The topological polar surface area (TPSA) is 33.7 Å². The highest BCUT2D eigenvalue weighted by molar-refractivity contribution is 4.82. The Kier molecular flexibility index (Phi) is 10.5. The lowest BCUT2D eigenvalue weighted by molar-refractivity contribution is 0.0449. The molecule has 0 aliphatic rings. The number of methoxy groups -OCH3 is 2. The summed E-state index contributed by atoms with van der Waals surface area (Å²) < 4.78 is 10.5. The minimum absolute atomic E-state index is 0.305. The van der Waals surface area contributed by atoms with Crippen molar-refractivity contribution >= 4 is 0 Å². The SMILES string of the molecule is CCCC(C)(CNC)CN(CCOC)C(C)COC. The van der Waals surface area contributed by atoms with Gasteiger partial charge in [-0.2, -0.15) is 0 Å². The van der Waals surface area contributed by atoms with Crippen LogP contribution in [-0.4, -0.2) is 65.1 Å². The van der Waals surface area contributed by atoms with Crippen LogP contribution in [0.25, 0.3) is 0 Å². The fraction of sp³-hybridized carbons (Fsp3) is 1.00. The van der Waals surface area contributed by atoms with E-state index in [9.17, 15) is 0 Å². The summed E-state index contributed by atoms with van der Waals surface area (Å²) in [6, 6.07) is 0.424. The second-order valence-electron chi connectivity index (χ2n) is 5.86. The second kappa shape index (κ2) is 10.6. The number of nitrogens with one attached hydrogen (secondary N) is 1. The average molecular weight is 274 g/mol. The Morgan fingerprint density at radius 3 is 2.42 bits per heavy atom. The molecular weight excluding hydrogens is 240 g/mol. The van der Waals surface area contributed by atoms with E-state index in [0.29, 0.717) is 11.5 Å². The zero-order valence-corrected chi connectivity index (χ0v) is 13.8. The summed E-state index contributed by atoms with van der Waals surface area (Å²) in [4.78, 5) is 2.49. The minimum Gasteiger partial charge on any atom is -0.383 e. The average Bonchev–Trinajstić information content (AvgIpc) is 2.35. The predicted molar refractivity (Wildman–Crippen MR) is 81.7 cm³/mol. The molecule has 0 radical (unpaired) electrons. The summed E-state index contributed by atoms with van der Waals surface area (Å²) in [5, 5.41) is 3.34. The van der Waals surface area contributed by atoms with Crippen molar-refractivity contribution < 1.29 is 9.47 Å². The Morgan fingerprint density at radius 2 is 1.95 bits per heavy atom. The first kappa shape index (κ1) is 18.8. The molecule has 0 aromatic rings. The molecule has 116 valence electrons. The van der Waals surface area contributed by atoms with E-state index in [-0.39, 0.29) is 0 Å². The van der Waals surface area contributed by atoms with Crippen molar-refractivity contribution in [3.05, 3.63) is 0 Å². The number of rotatable bonds is 12. The molecule has 0 rings (SSSR count). The molecular formula is C15H34N2O2. The quantitative estimate of drug-likeness (QED) is 0.590. The van der Waals surface area contributed by atoms with Crippen LogP contribution < -0.4 is 5.32 Å². The summed E-state index contributed by atoms with van der Waals surface area (Å²) in [6.45, 7) is 11.5. The van der Waals surface area contributed by atoms with Gasteiger partial charge in [-0.3, -0.25) is 4.90 Å². The van der Waals surface area contributed by atoms with Gasteiger partial charge in [0.2, 0.25) is 0 Å². The standard InChI is InChI=1S/C15H34N2O2/c1-7-8-15(3,12-16-4)13-17(9-10-18-5)14(2)11-19-6/h14,16H,7-13H2,1-6H3. The lowest BCUT2D eigenvalue weighted by Gasteiger charge is -2.38. The van der Waals surface area contributed by atoms with Crippen molar-refractivity contribution in [2.24, 2.45) is 5.41 Å². The van der Waals surface area contributed by atoms with E-state index in [4.69, 9.17) is 9.47 Å². The summed E-state index contributed by atoms with van der Waals surface area (Å²) in [6.07, 6.45) is 2.45. The minimum atomic E-state index is 0.305. The first-order chi connectivity index (χ1) is 9.02. The molecule has 0 aliphatic heterocycles. The third kappa shape index (κ3) is 7.88. The molecule has 0 saturated carbocycles. The smallest absolute Gasteiger partial charge is 0.0615 e. The van der Waals surface area contributed by atoms with Crippen LogP contribution in [0.15, 0.2) is 0 Å². The van der Waals surface area contributed by atoms with E-state index in [2.05, 4.69) is 31.0 Å². The van der Waals surface area contributed by atoms with Gasteiger partial charge in [0.1, 0.15) is 0 Å². The lowest BCUT2D eigenvalue weighted by atomic mass is 9.84. The number of ether oxygens (including phenoxy) is 2. The summed E-state index contributed by atoms with van der Waals surface area (Å²) in [5.74, 6) is 0. The van der Waals surface area contributed by atoms with Crippen molar-refractivity contribution in [1.82, 2.24) is 10.2 Å². The van der Waals surface area contributed by atoms with Gasteiger partial charge in [-0.1, -0.05) is 20.3 Å². The van der Waals surface area contributed by atoms with E-state index in [1.54, 1.807) is 14.2 Å². The van der Waals surface area contributed by atoms with Gasteiger partial charge in [-0.25, -0.2) is 0 Å². The van der Waals surface area contributed by atoms with Gasteiger partial charge in [0.25, 0.3) is 0 Å². The van der Waals surface area contributed by atoms with E-state index in [1.807, 2.05) is 7.05 Å². The van der Waals surface area contributed by atoms with Crippen LogP contribution in [0.4, 0.5) is 0 Å². The molecule has 4 nitrogen and oxygen atoms in total. The zero-order valence-electron chi connectivity index (χ0n) is 13.8. The van der Waals surface area contributed by atoms with Gasteiger partial charge in [0.05, 0.1) is 13.2 Å². The second-order valence-corrected chi connectivity index (χ2v) is 5.86. The molecule has 0 heterocycles. The molecule has 4 heteroatoms. The molecule has 0 spiro atoms. The van der Waals surface area contributed by atoms with Gasteiger partial charge >= 0.3 is 0 Å². The fourth-order valence-electron chi connectivity index (χ4n) is 2.75. The van der Waals surface area contributed by atoms with Gasteiger partial charge in [-0.15, -0.1) is 0 Å². The Hall–Kier alpha value is -0.160. The van der Waals surface area contributed by atoms with E-state index >= 15 is 0 Å². The van der Waals surface area contributed by atoms with E-state index < -0.39 is 0 Å². The third-order valence-electron chi connectivity index (χ3n) is 3.66. The van der Waals surface area contributed by atoms with Crippen LogP contribution in [0.2, 0.25) is 0 Å². The zero-order chi connectivity index (χ0) is 14.7. The highest BCUT2D eigenvalue weighted by Crippen LogP contribution is 2.24. The van der Waals surface area contributed by atoms with Crippen molar-refractivity contribution in [1.29, 1.82) is 0 Å². The summed E-state index contributed by atoms with van der Waals surface area (Å²) >= 11 is 0. The summed E-state index contributed by atoms with van der Waals surface area (Å²) in [7, 11) is 5.56. The molecule has 0 saturated heterocycles. The van der Waals surface area contributed by atoms with Crippen molar-refractivity contribution in [3.63, 3.8) is 0 Å². The van der Waals surface area contributed by atoms with Crippen LogP contribution in [0.1, 0.15) is 33.6 Å². The predicted octanol–water partition coefficient (Wildman–Crippen LogP) is 2.00. The van der Waals surface area contributed by atoms with Crippen LogP contribution in [-0.2, 0) is 9.47 Å². The first-order valence-corrected chi connectivity index (χ1v) is 7.39. The fourth-order valence-corrected chi connectivity index (χ4v) is 2.75. The highest BCUT2D eigenvalue weighted by atomic mass is 16.5. The Bertz CT molecular complexity index is 206. The molecule has 0 aromatic carbocycles. The highest BCUT2D eigenvalue weighted by Gasteiger charge is 2.27. The number of hydrogen-bond donors (Lipinski definition) is 1. The van der Waals surface area contributed by atoms with Crippen molar-refractivity contribution in [3.8, 4) is 0 Å². The Balaban J connectivity index is 4.63. The van der Waals surface area contributed by atoms with Crippen LogP contribution in [0.5, 0.6) is 0 Å². The monoisotopic (exact) mass is 274 g/mol. The molecule has 1 N–H and O–H groups in total. The van der Waals surface area contributed by atoms with Crippen LogP contribution >= 0.6 is 0 Å². The lowest BCUT2D eigenvalue weighted by Crippen LogP contribution is -2.47. The number of hydrogen-bond acceptors (Lipinski definition) is 4. The molecule has 0 amide bonds. The summed E-state index contributed by atoms with van der Waals surface area (Å²) in [5.41, 5.74) is 0.305. The Labute approximate surface area is 119 Å². The molecule has 0 bridgehead atoms. The van der Waals surface area contributed by atoms with Crippen molar-refractivity contribution in [2.75, 3.05) is 54.1 Å². The van der Waals surface area contributed by atoms with Crippen molar-refractivity contribution in [2.45, 2.75) is 39.7 Å². The number of nitrogens with zero attached hydrogens (tertiary/aromatic N) is 1. The molecule has 0 aromatic heterocycles. The van der Waals surface area contributed by atoms with Gasteiger partial charge in [0.15, 0.2) is 0 Å². The third-order valence-corrected chi connectivity index (χ3v) is 3.66. The van der Waals surface area contributed by atoms with Gasteiger partial charge in [0, 0.05) is 39.9 Å². The van der Waals surface area contributed by atoms with Crippen LogP contribution in [0, 0.1) is 5.41 Å². The maximum atomic E-state index is 5.30. The maximum absolute atomic E-state index is 5.30. The van der Waals surface area contributed by atoms with Gasteiger partial charge < -0.3 is 14.8 Å². The molecule has 19 heavy (non-hydrogen) atoms. The van der Waals surface area contributed by atoms with E-state index in [1.165, 1.54) is 12.8 Å².